The fraction of sp³-hybridized carbons (Fsp3) is 0.647. The van der Waals surface area contributed by atoms with Gasteiger partial charge in [-0.3, -0.25) is 0 Å². The Morgan fingerprint density at radius 1 is 1.30 bits per heavy atom. The van der Waals surface area contributed by atoms with Gasteiger partial charge in [-0.2, -0.15) is 0 Å². The Bertz CT molecular complexity index is 417. The molecule has 0 amide bonds. The molecule has 0 spiro atoms. The Kier molecular flexibility index (Phi) is 6.47. The molecule has 0 aliphatic carbocycles. The zero-order valence-corrected chi connectivity index (χ0v) is 13.4. The van der Waals surface area contributed by atoms with Crippen molar-refractivity contribution in [3.63, 3.8) is 0 Å². The summed E-state index contributed by atoms with van der Waals surface area (Å²) < 4.78 is 18.8. The number of ether oxygens (including phenoxy) is 1. The van der Waals surface area contributed by atoms with Gasteiger partial charge in [-0.25, -0.2) is 4.39 Å². The first kappa shape index (κ1) is 17.0. The van der Waals surface area contributed by atoms with Gasteiger partial charge in [0.15, 0.2) is 11.6 Å². The van der Waals surface area contributed by atoms with Crippen LogP contribution >= 0.6 is 0 Å². The lowest BCUT2D eigenvalue weighted by Gasteiger charge is -2.34. The van der Waals surface area contributed by atoms with Crippen molar-refractivity contribution >= 4 is 0 Å². The Hall–Kier alpha value is -1.09. The van der Waals surface area contributed by atoms with Crippen molar-refractivity contribution in [1.82, 2.24) is 5.32 Å². The fourth-order valence-corrected chi connectivity index (χ4v) is 2.26. The molecule has 114 valence electrons. The van der Waals surface area contributed by atoms with Gasteiger partial charge < -0.3 is 10.1 Å². The monoisotopic (exact) mass is 281 g/mol. The third-order valence-corrected chi connectivity index (χ3v) is 4.15. The first-order valence-corrected chi connectivity index (χ1v) is 7.50. The predicted molar refractivity (Wildman–Crippen MR) is 82.8 cm³/mol. The molecule has 1 unspecified atom stereocenters. The highest BCUT2D eigenvalue weighted by Crippen LogP contribution is 2.28. The average molecular weight is 281 g/mol. The van der Waals surface area contributed by atoms with Crippen molar-refractivity contribution in [1.29, 1.82) is 0 Å². The number of methoxy groups -OCH3 is 1. The summed E-state index contributed by atoms with van der Waals surface area (Å²) in [6.45, 7) is 9.89. The molecule has 1 rings (SSSR count). The van der Waals surface area contributed by atoms with Crippen LogP contribution in [-0.2, 0) is 6.42 Å². The molecular weight excluding hydrogens is 253 g/mol. The number of hydrogen-bond acceptors (Lipinski definition) is 2. The molecule has 0 aliphatic rings. The molecule has 0 heterocycles. The summed E-state index contributed by atoms with van der Waals surface area (Å²) in [6.07, 6.45) is 3.03. The fourth-order valence-electron chi connectivity index (χ4n) is 2.26. The van der Waals surface area contributed by atoms with Crippen LogP contribution in [0.1, 0.15) is 46.1 Å². The summed E-state index contributed by atoms with van der Waals surface area (Å²) in [4.78, 5) is 0. The van der Waals surface area contributed by atoms with Crippen LogP contribution < -0.4 is 10.1 Å². The van der Waals surface area contributed by atoms with E-state index in [1.54, 1.807) is 12.1 Å². The maximum Gasteiger partial charge on any atom is 0.165 e. The van der Waals surface area contributed by atoms with Crippen molar-refractivity contribution in [2.24, 2.45) is 5.41 Å². The summed E-state index contributed by atoms with van der Waals surface area (Å²) in [6, 6.07) is 5.60. The van der Waals surface area contributed by atoms with Gasteiger partial charge in [-0.1, -0.05) is 33.8 Å². The van der Waals surface area contributed by atoms with E-state index >= 15 is 0 Å². The van der Waals surface area contributed by atoms with E-state index in [4.69, 9.17) is 4.74 Å². The lowest BCUT2D eigenvalue weighted by atomic mass is 9.79. The maximum atomic E-state index is 13.8. The van der Waals surface area contributed by atoms with Crippen molar-refractivity contribution in [3.05, 3.63) is 29.6 Å². The molecule has 1 aromatic carbocycles. The highest BCUT2D eigenvalue weighted by molar-refractivity contribution is 5.30. The Labute approximate surface area is 122 Å². The van der Waals surface area contributed by atoms with Crippen LogP contribution in [0.5, 0.6) is 5.75 Å². The van der Waals surface area contributed by atoms with Crippen LogP contribution in [0.25, 0.3) is 0 Å². The van der Waals surface area contributed by atoms with E-state index in [1.165, 1.54) is 7.11 Å². The third-order valence-electron chi connectivity index (χ3n) is 4.15. The number of rotatable bonds is 8. The highest BCUT2D eigenvalue weighted by atomic mass is 19.1. The van der Waals surface area contributed by atoms with Crippen LogP contribution in [0.4, 0.5) is 4.39 Å². The molecule has 3 heteroatoms. The summed E-state index contributed by atoms with van der Waals surface area (Å²) in [5, 5.41) is 3.60. The van der Waals surface area contributed by atoms with E-state index in [-0.39, 0.29) is 11.2 Å². The largest absolute Gasteiger partial charge is 0.494 e. The molecule has 0 saturated carbocycles. The lowest BCUT2D eigenvalue weighted by molar-refractivity contribution is 0.230. The van der Waals surface area contributed by atoms with Gasteiger partial charge in [0.2, 0.25) is 0 Å². The van der Waals surface area contributed by atoms with Crippen molar-refractivity contribution in [3.8, 4) is 5.75 Å². The number of halogens is 1. The Morgan fingerprint density at radius 2 is 2.00 bits per heavy atom. The van der Waals surface area contributed by atoms with Gasteiger partial charge in [0.1, 0.15) is 0 Å². The first-order valence-electron chi connectivity index (χ1n) is 7.50. The van der Waals surface area contributed by atoms with Gasteiger partial charge in [-0.15, -0.1) is 0 Å². The average Bonchev–Trinajstić information content (AvgIpc) is 2.43. The normalized spacial score (nSPS) is 13.3. The van der Waals surface area contributed by atoms with Crippen LogP contribution in [0.3, 0.4) is 0 Å². The summed E-state index contributed by atoms with van der Waals surface area (Å²) in [5.74, 6) is 0.0233. The molecule has 0 aromatic heterocycles. The SMILES string of the molecule is CCCNC(Cc1ccc(OC)c(F)c1)C(C)(C)CC. The van der Waals surface area contributed by atoms with Gasteiger partial charge in [0.25, 0.3) is 0 Å². The topological polar surface area (TPSA) is 21.3 Å². The van der Waals surface area contributed by atoms with Gasteiger partial charge in [-0.05, 0) is 48.9 Å². The zero-order chi connectivity index (χ0) is 15.2. The second-order valence-electron chi connectivity index (χ2n) is 6.02. The smallest absolute Gasteiger partial charge is 0.165 e. The standard InChI is InChI=1S/C17H28FNO/c1-6-10-19-16(17(3,4)7-2)12-13-8-9-15(20-5)14(18)11-13/h8-9,11,16,19H,6-7,10,12H2,1-5H3. The van der Waals surface area contributed by atoms with Gasteiger partial charge in [0, 0.05) is 6.04 Å². The van der Waals surface area contributed by atoms with E-state index in [9.17, 15) is 4.39 Å². The zero-order valence-electron chi connectivity index (χ0n) is 13.4. The molecule has 0 saturated heterocycles. The van der Waals surface area contributed by atoms with E-state index in [0.29, 0.717) is 11.8 Å². The summed E-state index contributed by atoms with van der Waals surface area (Å²) in [5.41, 5.74) is 1.20. The van der Waals surface area contributed by atoms with E-state index in [2.05, 4.69) is 33.0 Å². The summed E-state index contributed by atoms with van der Waals surface area (Å²) in [7, 11) is 1.49. The molecule has 0 bridgehead atoms. The molecule has 1 aromatic rings. The third kappa shape index (κ3) is 4.48. The van der Waals surface area contributed by atoms with Crippen molar-refractivity contribution in [2.75, 3.05) is 13.7 Å². The molecule has 20 heavy (non-hydrogen) atoms. The molecule has 2 nitrogen and oxygen atoms in total. The second kappa shape index (κ2) is 7.63. The predicted octanol–water partition coefficient (Wildman–Crippen LogP) is 4.18. The van der Waals surface area contributed by atoms with E-state index < -0.39 is 0 Å². The maximum absolute atomic E-state index is 13.8. The van der Waals surface area contributed by atoms with Crippen molar-refractivity contribution < 1.29 is 9.13 Å². The lowest BCUT2D eigenvalue weighted by Crippen LogP contribution is -2.43. The Morgan fingerprint density at radius 3 is 2.50 bits per heavy atom. The van der Waals surface area contributed by atoms with Crippen LogP contribution in [-0.4, -0.2) is 19.7 Å². The molecule has 0 fully saturated rings. The molecule has 0 aliphatic heterocycles. The van der Waals surface area contributed by atoms with Gasteiger partial charge in [0.05, 0.1) is 7.11 Å². The van der Waals surface area contributed by atoms with Gasteiger partial charge >= 0.3 is 0 Å². The molecule has 0 radical (unpaired) electrons. The number of benzene rings is 1. The highest BCUT2D eigenvalue weighted by Gasteiger charge is 2.27. The van der Waals surface area contributed by atoms with Crippen molar-refractivity contribution in [2.45, 2.75) is 53.0 Å². The first-order chi connectivity index (χ1) is 9.44. The van der Waals surface area contributed by atoms with Crippen LogP contribution in [0.2, 0.25) is 0 Å². The minimum Gasteiger partial charge on any atom is -0.494 e. The van der Waals surface area contributed by atoms with Crippen LogP contribution in [0, 0.1) is 11.2 Å². The van der Waals surface area contributed by atoms with Crippen LogP contribution in [0.15, 0.2) is 18.2 Å². The number of hydrogen-bond donors (Lipinski definition) is 1. The molecule has 1 atom stereocenters. The summed E-state index contributed by atoms with van der Waals surface area (Å²) >= 11 is 0. The molecular formula is C17H28FNO. The number of nitrogens with one attached hydrogen (secondary N) is 1. The quantitative estimate of drug-likeness (QED) is 0.771. The Balaban J connectivity index is 2.86. The second-order valence-corrected chi connectivity index (χ2v) is 6.02. The minimum atomic E-state index is -0.284. The molecule has 1 N–H and O–H groups in total. The van der Waals surface area contributed by atoms with E-state index in [1.807, 2.05) is 6.07 Å². The van der Waals surface area contributed by atoms with E-state index in [0.717, 1.165) is 31.4 Å². The minimum absolute atomic E-state index is 0.186.